The lowest BCUT2D eigenvalue weighted by Crippen LogP contribution is -2.39. The molecule has 0 fully saturated rings. The second-order valence-corrected chi connectivity index (χ2v) is 8.59. The zero-order valence-corrected chi connectivity index (χ0v) is 17.7. The van der Waals surface area contributed by atoms with Crippen LogP contribution in [0.1, 0.15) is 19.4 Å². The van der Waals surface area contributed by atoms with Gasteiger partial charge in [0.15, 0.2) is 11.5 Å². The Morgan fingerprint density at radius 3 is 2.57 bits per heavy atom. The third-order valence-corrected chi connectivity index (χ3v) is 5.88. The smallest absolute Gasteiger partial charge is 0.324 e. The van der Waals surface area contributed by atoms with Gasteiger partial charge < -0.3 is 19.5 Å². The van der Waals surface area contributed by atoms with Gasteiger partial charge in [0.25, 0.3) is 0 Å². The summed E-state index contributed by atoms with van der Waals surface area (Å²) in [7, 11) is -3.97. The zero-order chi connectivity index (χ0) is 21.9. The van der Waals surface area contributed by atoms with Gasteiger partial charge >= 0.3 is 5.97 Å². The Hall–Kier alpha value is -2.82. The second-order valence-electron chi connectivity index (χ2n) is 6.47. The lowest BCUT2D eigenvalue weighted by molar-refractivity contribution is -0.146. The number of amides is 1. The maximum Gasteiger partial charge on any atom is 0.324 e. The third kappa shape index (κ3) is 5.21. The zero-order valence-electron chi connectivity index (χ0n) is 16.1. The Bertz CT molecular complexity index is 1070. The van der Waals surface area contributed by atoms with Crippen LogP contribution >= 0.6 is 11.6 Å². The van der Waals surface area contributed by atoms with E-state index in [0.717, 1.165) is 0 Å². The standard InChI is InChI=1S/C19H19ClN2O7S/c1-11(22-30(25,26)15-5-3-14(4-6-15)21-12(2)23)19(24)27-9-13-7-16(20)18-17(8-13)28-10-29-18/h3-8,11,22H,9-10H2,1-2H3,(H,21,23). The van der Waals surface area contributed by atoms with Gasteiger partial charge in [0, 0.05) is 12.6 Å². The molecule has 0 saturated heterocycles. The van der Waals surface area contributed by atoms with E-state index >= 15 is 0 Å². The van der Waals surface area contributed by atoms with Gasteiger partial charge in [-0.15, -0.1) is 0 Å². The molecule has 0 aliphatic carbocycles. The Morgan fingerprint density at radius 2 is 1.90 bits per heavy atom. The highest BCUT2D eigenvalue weighted by molar-refractivity contribution is 7.89. The summed E-state index contributed by atoms with van der Waals surface area (Å²) < 4.78 is 42.9. The van der Waals surface area contributed by atoms with Crippen molar-refractivity contribution in [1.29, 1.82) is 0 Å². The predicted octanol–water partition coefficient (Wildman–Crippen LogP) is 2.44. The molecule has 2 aromatic carbocycles. The van der Waals surface area contributed by atoms with Crippen molar-refractivity contribution in [3.63, 3.8) is 0 Å². The van der Waals surface area contributed by atoms with E-state index in [1.807, 2.05) is 0 Å². The molecule has 1 aliphatic heterocycles. The highest BCUT2D eigenvalue weighted by Gasteiger charge is 2.24. The van der Waals surface area contributed by atoms with Gasteiger partial charge in [-0.05, 0) is 48.9 Å². The van der Waals surface area contributed by atoms with Crippen molar-refractivity contribution in [3.05, 3.63) is 47.0 Å². The maximum absolute atomic E-state index is 12.5. The van der Waals surface area contributed by atoms with E-state index in [0.29, 0.717) is 27.8 Å². The monoisotopic (exact) mass is 454 g/mol. The van der Waals surface area contributed by atoms with Gasteiger partial charge in [0.1, 0.15) is 12.6 Å². The number of esters is 1. The highest BCUT2D eigenvalue weighted by atomic mass is 35.5. The van der Waals surface area contributed by atoms with E-state index in [1.165, 1.54) is 38.1 Å². The number of anilines is 1. The fourth-order valence-corrected chi connectivity index (χ4v) is 4.13. The number of fused-ring (bicyclic) bond motifs is 1. The van der Waals surface area contributed by atoms with E-state index in [2.05, 4.69) is 10.0 Å². The third-order valence-electron chi connectivity index (χ3n) is 4.04. The summed E-state index contributed by atoms with van der Waals surface area (Å²) in [6.45, 7) is 2.66. The van der Waals surface area contributed by atoms with Crippen molar-refractivity contribution < 1.29 is 32.2 Å². The lowest BCUT2D eigenvalue weighted by Gasteiger charge is -2.14. The number of carbonyl (C=O) groups is 2. The highest BCUT2D eigenvalue weighted by Crippen LogP contribution is 2.39. The van der Waals surface area contributed by atoms with Crippen LogP contribution in [0.5, 0.6) is 11.5 Å². The topological polar surface area (TPSA) is 120 Å². The number of benzene rings is 2. The largest absolute Gasteiger partial charge is 0.460 e. The summed E-state index contributed by atoms with van der Waals surface area (Å²) in [6.07, 6.45) is 0. The van der Waals surface area contributed by atoms with E-state index in [1.54, 1.807) is 12.1 Å². The number of hydrogen-bond donors (Lipinski definition) is 2. The second kappa shape index (κ2) is 8.90. The molecule has 2 N–H and O–H groups in total. The molecular weight excluding hydrogens is 436 g/mol. The number of rotatable bonds is 7. The molecule has 11 heteroatoms. The van der Waals surface area contributed by atoms with Crippen LogP contribution in [0.2, 0.25) is 5.02 Å². The molecule has 0 spiro atoms. The Labute approximate surface area is 178 Å². The molecule has 0 saturated carbocycles. The minimum absolute atomic E-state index is 0.0567. The van der Waals surface area contributed by atoms with Gasteiger partial charge in [-0.25, -0.2) is 8.42 Å². The summed E-state index contributed by atoms with van der Waals surface area (Å²) in [4.78, 5) is 23.2. The van der Waals surface area contributed by atoms with Gasteiger partial charge in [-0.1, -0.05) is 11.6 Å². The lowest BCUT2D eigenvalue weighted by atomic mass is 10.2. The molecule has 0 bridgehead atoms. The molecule has 1 unspecified atom stereocenters. The van der Waals surface area contributed by atoms with Gasteiger partial charge in [-0.3, -0.25) is 9.59 Å². The normalized spacial score (nSPS) is 13.6. The van der Waals surface area contributed by atoms with Gasteiger partial charge in [0.2, 0.25) is 22.7 Å². The van der Waals surface area contributed by atoms with E-state index < -0.39 is 22.0 Å². The molecule has 0 aromatic heterocycles. The Balaban J connectivity index is 1.59. The van der Waals surface area contributed by atoms with Crippen LogP contribution in [0.15, 0.2) is 41.3 Å². The molecule has 1 amide bonds. The van der Waals surface area contributed by atoms with Crippen LogP contribution < -0.4 is 19.5 Å². The number of ether oxygens (including phenoxy) is 3. The predicted molar refractivity (Wildman–Crippen MR) is 108 cm³/mol. The average Bonchev–Trinajstić information content (AvgIpc) is 3.15. The number of carbonyl (C=O) groups excluding carboxylic acids is 2. The fourth-order valence-electron chi connectivity index (χ4n) is 2.65. The van der Waals surface area contributed by atoms with Crippen molar-refractivity contribution in [2.45, 2.75) is 31.4 Å². The molecule has 1 aliphatic rings. The SMILES string of the molecule is CC(=O)Nc1ccc(S(=O)(=O)NC(C)C(=O)OCc2cc(Cl)c3c(c2)OCO3)cc1. The summed E-state index contributed by atoms with van der Waals surface area (Å²) in [5.41, 5.74) is 1.03. The number of sulfonamides is 1. The van der Waals surface area contributed by atoms with Crippen molar-refractivity contribution in [2.75, 3.05) is 12.1 Å². The van der Waals surface area contributed by atoms with Crippen molar-refractivity contribution in [2.24, 2.45) is 0 Å². The van der Waals surface area contributed by atoms with Gasteiger partial charge in [0.05, 0.1) is 9.92 Å². The molecule has 3 rings (SSSR count). The minimum atomic E-state index is -3.97. The summed E-state index contributed by atoms with van der Waals surface area (Å²) in [5, 5.41) is 2.87. The molecule has 30 heavy (non-hydrogen) atoms. The molecular formula is C19H19ClN2O7S. The van der Waals surface area contributed by atoms with Gasteiger partial charge in [-0.2, -0.15) is 4.72 Å². The fraction of sp³-hybridized carbons (Fsp3) is 0.263. The van der Waals surface area contributed by atoms with Crippen LogP contribution in [-0.2, 0) is 31.0 Å². The van der Waals surface area contributed by atoms with Crippen LogP contribution in [0.4, 0.5) is 5.69 Å². The first kappa shape index (κ1) is 21.9. The van der Waals surface area contributed by atoms with E-state index in [4.69, 9.17) is 25.8 Å². The van der Waals surface area contributed by atoms with Crippen LogP contribution in [0.25, 0.3) is 0 Å². The van der Waals surface area contributed by atoms with Crippen molar-refractivity contribution in [1.82, 2.24) is 4.72 Å². The van der Waals surface area contributed by atoms with Crippen LogP contribution in [0, 0.1) is 0 Å². The van der Waals surface area contributed by atoms with E-state index in [9.17, 15) is 18.0 Å². The maximum atomic E-state index is 12.5. The van der Waals surface area contributed by atoms with Crippen molar-refractivity contribution in [3.8, 4) is 11.5 Å². The summed E-state index contributed by atoms with van der Waals surface area (Å²) >= 11 is 6.09. The van der Waals surface area contributed by atoms with Crippen LogP contribution in [0.3, 0.4) is 0 Å². The molecule has 1 atom stereocenters. The summed E-state index contributed by atoms with van der Waals surface area (Å²) in [6, 6.07) is 7.61. The average molecular weight is 455 g/mol. The Kier molecular flexibility index (Phi) is 6.49. The molecule has 2 aromatic rings. The molecule has 9 nitrogen and oxygen atoms in total. The quantitative estimate of drug-likeness (QED) is 0.616. The molecule has 160 valence electrons. The first-order chi connectivity index (χ1) is 14.2. The van der Waals surface area contributed by atoms with E-state index in [-0.39, 0.29) is 24.2 Å². The first-order valence-corrected chi connectivity index (χ1v) is 10.7. The summed E-state index contributed by atoms with van der Waals surface area (Å²) in [5.74, 6) is -0.159. The first-order valence-electron chi connectivity index (χ1n) is 8.80. The number of hydrogen-bond acceptors (Lipinski definition) is 7. The Morgan fingerprint density at radius 1 is 1.20 bits per heavy atom. The number of nitrogens with one attached hydrogen (secondary N) is 2. The minimum Gasteiger partial charge on any atom is -0.460 e. The molecule has 1 heterocycles. The van der Waals surface area contributed by atoms with Crippen LogP contribution in [-0.4, -0.2) is 33.1 Å². The van der Waals surface area contributed by atoms with Crippen molar-refractivity contribution >= 4 is 39.2 Å². The number of halogens is 1. The molecule has 0 radical (unpaired) electrons.